The number of benzene rings is 1. The molecule has 0 radical (unpaired) electrons. The van der Waals surface area contributed by atoms with E-state index in [2.05, 4.69) is 41.3 Å². The molecule has 3 aromatic rings. The molecule has 0 unspecified atom stereocenters. The fraction of sp³-hybridized carbons (Fsp3) is 0.333. The van der Waals surface area contributed by atoms with Gasteiger partial charge in [-0.25, -0.2) is 14.8 Å². The summed E-state index contributed by atoms with van der Waals surface area (Å²) >= 11 is 1.09. The van der Waals surface area contributed by atoms with Crippen molar-refractivity contribution in [2.45, 2.75) is 39.5 Å². The number of nitrogens with zero attached hydrogens (tertiary/aromatic N) is 2. The van der Waals surface area contributed by atoms with Crippen LogP contribution in [-0.2, 0) is 16.0 Å². The van der Waals surface area contributed by atoms with Crippen LogP contribution in [0, 0.1) is 6.92 Å². The number of thiazole rings is 1. The van der Waals surface area contributed by atoms with Crippen molar-refractivity contribution in [1.29, 1.82) is 0 Å². The number of hydrogen-bond acceptors (Lipinski definition) is 7. The highest BCUT2D eigenvalue weighted by Gasteiger charge is 2.17. The van der Waals surface area contributed by atoms with Gasteiger partial charge in [-0.3, -0.25) is 4.79 Å². The first-order chi connectivity index (χ1) is 13.9. The summed E-state index contributed by atoms with van der Waals surface area (Å²) < 4.78 is 10.5. The highest BCUT2D eigenvalue weighted by atomic mass is 32.1. The fourth-order valence-electron chi connectivity index (χ4n) is 2.73. The summed E-state index contributed by atoms with van der Waals surface area (Å²) in [5.74, 6) is 0.950. The van der Waals surface area contributed by atoms with Gasteiger partial charge in [-0.15, -0.1) is 0 Å². The lowest BCUT2D eigenvalue weighted by molar-refractivity contribution is -0.116. The van der Waals surface area contributed by atoms with Crippen LogP contribution >= 0.6 is 11.3 Å². The number of aromatic nitrogens is 2. The second-order valence-electron chi connectivity index (χ2n) is 6.87. The highest BCUT2D eigenvalue weighted by Crippen LogP contribution is 2.25. The second kappa shape index (κ2) is 9.00. The molecule has 1 amide bonds. The van der Waals surface area contributed by atoms with Crippen LogP contribution in [0.4, 0.5) is 5.13 Å². The van der Waals surface area contributed by atoms with Crippen LogP contribution in [0.3, 0.4) is 0 Å². The summed E-state index contributed by atoms with van der Waals surface area (Å²) in [7, 11) is 1.31. The minimum Gasteiger partial charge on any atom is -0.465 e. The molecule has 3 rings (SSSR count). The highest BCUT2D eigenvalue weighted by molar-refractivity contribution is 7.17. The molecule has 29 heavy (non-hydrogen) atoms. The predicted molar refractivity (Wildman–Crippen MR) is 111 cm³/mol. The van der Waals surface area contributed by atoms with Crippen molar-refractivity contribution in [1.82, 2.24) is 9.97 Å². The Kier molecular flexibility index (Phi) is 6.43. The van der Waals surface area contributed by atoms with Crippen molar-refractivity contribution in [3.63, 3.8) is 0 Å². The predicted octanol–water partition coefficient (Wildman–Crippen LogP) is 4.59. The van der Waals surface area contributed by atoms with E-state index in [9.17, 15) is 9.59 Å². The molecular weight excluding hydrogens is 390 g/mol. The van der Waals surface area contributed by atoms with Gasteiger partial charge in [0, 0.05) is 18.4 Å². The van der Waals surface area contributed by atoms with Gasteiger partial charge in [-0.1, -0.05) is 49.4 Å². The molecule has 8 heteroatoms. The maximum Gasteiger partial charge on any atom is 0.350 e. The van der Waals surface area contributed by atoms with E-state index in [0.29, 0.717) is 39.7 Å². The monoisotopic (exact) mass is 413 g/mol. The Labute approximate surface area is 173 Å². The summed E-state index contributed by atoms with van der Waals surface area (Å²) in [6.45, 7) is 5.99. The molecule has 0 spiro atoms. The number of oxazole rings is 1. The minimum atomic E-state index is -0.464. The molecular formula is C21H23N3O4S. The topological polar surface area (TPSA) is 94.3 Å². The Morgan fingerprint density at radius 2 is 1.97 bits per heavy atom. The lowest BCUT2D eigenvalue weighted by atomic mass is 10.0. The maximum absolute atomic E-state index is 12.2. The van der Waals surface area contributed by atoms with E-state index in [4.69, 9.17) is 9.15 Å². The number of esters is 1. The van der Waals surface area contributed by atoms with Crippen molar-refractivity contribution in [3.8, 4) is 11.3 Å². The summed E-state index contributed by atoms with van der Waals surface area (Å²) in [5, 5.41) is 3.07. The molecule has 0 atom stereocenters. The van der Waals surface area contributed by atoms with Gasteiger partial charge in [-0.2, -0.15) is 0 Å². The molecule has 1 aromatic carbocycles. The van der Waals surface area contributed by atoms with Crippen LogP contribution in [-0.4, -0.2) is 29.0 Å². The fourth-order valence-corrected chi connectivity index (χ4v) is 3.63. The largest absolute Gasteiger partial charge is 0.465 e. The minimum absolute atomic E-state index is 0.193. The maximum atomic E-state index is 12.2. The number of carbonyl (C=O) groups is 2. The average molecular weight is 413 g/mol. The average Bonchev–Trinajstić information content (AvgIpc) is 3.32. The molecule has 1 N–H and O–H groups in total. The van der Waals surface area contributed by atoms with Crippen LogP contribution in [0.2, 0.25) is 0 Å². The number of carbonyl (C=O) groups excluding carboxylic acids is 2. The Balaban J connectivity index is 1.57. The number of rotatable bonds is 7. The smallest absolute Gasteiger partial charge is 0.350 e. The van der Waals surface area contributed by atoms with E-state index in [0.717, 1.165) is 16.9 Å². The SMILES string of the molecule is COC(=O)c1sc(NC(=O)CCc2ncc(-c3ccc(C(C)C)cc3)o2)nc1C. The standard InChI is InChI=1S/C21H23N3O4S/c1-12(2)14-5-7-15(8-6-14)16-11-22-18(28-16)10-9-17(25)24-21-23-13(3)19(29-21)20(26)27-4/h5-8,11-12H,9-10H2,1-4H3,(H,23,24,25). The van der Waals surface area contributed by atoms with Gasteiger partial charge >= 0.3 is 5.97 Å². The van der Waals surface area contributed by atoms with Gasteiger partial charge in [0.25, 0.3) is 0 Å². The zero-order valence-corrected chi connectivity index (χ0v) is 17.6. The molecule has 2 heterocycles. The quantitative estimate of drug-likeness (QED) is 0.570. The van der Waals surface area contributed by atoms with Crippen LogP contribution < -0.4 is 5.32 Å². The molecule has 0 bridgehead atoms. The van der Waals surface area contributed by atoms with E-state index in [1.807, 2.05) is 12.1 Å². The zero-order chi connectivity index (χ0) is 21.0. The number of ether oxygens (including phenoxy) is 1. The van der Waals surface area contributed by atoms with Gasteiger partial charge in [0.2, 0.25) is 5.91 Å². The van der Waals surface area contributed by atoms with Crippen LogP contribution in [0.1, 0.15) is 53.0 Å². The summed E-state index contributed by atoms with van der Waals surface area (Å²) in [6.07, 6.45) is 2.23. The first kappa shape index (κ1) is 20.7. The van der Waals surface area contributed by atoms with Crippen molar-refractivity contribution >= 4 is 28.3 Å². The zero-order valence-electron chi connectivity index (χ0n) is 16.8. The van der Waals surface area contributed by atoms with E-state index < -0.39 is 5.97 Å². The van der Waals surface area contributed by atoms with Gasteiger partial charge in [0.15, 0.2) is 16.8 Å². The number of amides is 1. The van der Waals surface area contributed by atoms with E-state index >= 15 is 0 Å². The van der Waals surface area contributed by atoms with E-state index in [1.54, 1.807) is 13.1 Å². The molecule has 0 aliphatic heterocycles. The number of methoxy groups -OCH3 is 1. The van der Waals surface area contributed by atoms with E-state index in [-0.39, 0.29) is 12.3 Å². The third-order valence-corrected chi connectivity index (χ3v) is 5.45. The number of hydrogen-bond donors (Lipinski definition) is 1. The summed E-state index contributed by atoms with van der Waals surface area (Å²) in [4.78, 5) is 32.6. The number of aryl methyl sites for hydroxylation is 2. The van der Waals surface area contributed by atoms with Gasteiger partial charge < -0.3 is 14.5 Å². The van der Waals surface area contributed by atoms with Crippen molar-refractivity contribution in [2.24, 2.45) is 0 Å². The third kappa shape index (κ3) is 5.08. The second-order valence-corrected chi connectivity index (χ2v) is 7.87. The Hall–Kier alpha value is -3.00. The molecule has 0 saturated heterocycles. The molecule has 0 fully saturated rings. The first-order valence-electron chi connectivity index (χ1n) is 9.28. The normalized spacial score (nSPS) is 10.9. The molecule has 7 nitrogen and oxygen atoms in total. The van der Waals surface area contributed by atoms with Crippen molar-refractivity contribution in [3.05, 3.63) is 52.5 Å². The molecule has 0 saturated carbocycles. The molecule has 0 aliphatic rings. The van der Waals surface area contributed by atoms with Crippen LogP contribution in [0.15, 0.2) is 34.9 Å². The van der Waals surface area contributed by atoms with E-state index in [1.165, 1.54) is 12.7 Å². The Bertz CT molecular complexity index is 1010. The summed E-state index contributed by atoms with van der Waals surface area (Å²) in [5.41, 5.74) is 2.74. The van der Waals surface area contributed by atoms with Gasteiger partial charge in [0.1, 0.15) is 4.88 Å². The molecule has 0 aliphatic carbocycles. The lowest BCUT2D eigenvalue weighted by Gasteiger charge is -2.05. The lowest BCUT2D eigenvalue weighted by Crippen LogP contribution is -2.12. The van der Waals surface area contributed by atoms with Crippen LogP contribution in [0.5, 0.6) is 0 Å². The van der Waals surface area contributed by atoms with Crippen LogP contribution in [0.25, 0.3) is 11.3 Å². The summed E-state index contributed by atoms with van der Waals surface area (Å²) in [6, 6.07) is 8.18. The Morgan fingerprint density at radius 1 is 1.24 bits per heavy atom. The Morgan fingerprint density at radius 3 is 2.62 bits per heavy atom. The number of anilines is 1. The van der Waals surface area contributed by atoms with Crippen molar-refractivity contribution < 1.29 is 18.7 Å². The first-order valence-corrected chi connectivity index (χ1v) is 10.1. The number of nitrogens with one attached hydrogen (secondary N) is 1. The molecule has 2 aromatic heterocycles. The third-order valence-electron chi connectivity index (χ3n) is 4.40. The van der Waals surface area contributed by atoms with Crippen molar-refractivity contribution in [2.75, 3.05) is 12.4 Å². The van der Waals surface area contributed by atoms with Gasteiger partial charge in [-0.05, 0) is 18.4 Å². The molecule has 152 valence electrons. The van der Waals surface area contributed by atoms with Gasteiger partial charge in [0.05, 0.1) is 19.0 Å².